The van der Waals surface area contributed by atoms with Crippen molar-refractivity contribution in [3.05, 3.63) is 95.1 Å². The summed E-state index contributed by atoms with van der Waals surface area (Å²) >= 11 is 0. The second kappa shape index (κ2) is 8.48. The van der Waals surface area contributed by atoms with Gasteiger partial charge in [-0.3, -0.25) is 9.59 Å². The maximum absolute atomic E-state index is 12.9. The van der Waals surface area contributed by atoms with E-state index in [0.717, 1.165) is 5.75 Å². The molecular formula is C27H29NO3. The van der Waals surface area contributed by atoms with E-state index in [1.165, 1.54) is 5.56 Å². The predicted octanol–water partition coefficient (Wildman–Crippen LogP) is 5.93. The number of benzene rings is 3. The van der Waals surface area contributed by atoms with E-state index in [4.69, 9.17) is 10.5 Å². The average molecular weight is 416 g/mol. The molecule has 0 amide bonds. The quantitative estimate of drug-likeness (QED) is 0.507. The normalized spacial score (nSPS) is 11.8. The fourth-order valence-corrected chi connectivity index (χ4v) is 3.17. The number of nitrogens with two attached hydrogens (primary N) is 1. The van der Waals surface area contributed by atoms with Gasteiger partial charge in [-0.15, -0.1) is 0 Å². The molecule has 0 atom stereocenters. The van der Waals surface area contributed by atoms with Gasteiger partial charge in [0.25, 0.3) is 0 Å². The Hall–Kier alpha value is -3.24. The first-order chi connectivity index (χ1) is 14.4. The summed E-state index contributed by atoms with van der Waals surface area (Å²) in [6.45, 7) is 9.81. The van der Waals surface area contributed by atoms with Gasteiger partial charge >= 0.3 is 0 Å². The van der Waals surface area contributed by atoms with E-state index < -0.39 is 5.54 Å². The lowest BCUT2D eigenvalue weighted by molar-refractivity contribution is 0.0913. The lowest BCUT2D eigenvalue weighted by Crippen LogP contribution is -2.41. The molecule has 0 saturated carbocycles. The molecule has 0 radical (unpaired) electrons. The van der Waals surface area contributed by atoms with Gasteiger partial charge in [0.1, 0.15) is 11.5 Å². The largest absolute Gasteiger partial charge is 0.457 e. The van der Waals surface area contributed by atoms with E-state index in [0.29, 0.717) is 22.4 Å². The highest BCUT2D eigenvalue weighted by Crippen LogP contribution is 2.27. The summed E-state index contributed by atoms with van der Waals surface area (Å²) in [4.78, 5) is 25.3. The molecule has 0 spiro atoms. The molecule has 0 unspecified atom stereocenters. The van der Waals surface area contributed by atoms with E-state index in [1.807, 2.05) is 12.1 Å². The summed E-state index contributed by atoms with van der Waals surface area (Å²) in [6, 6.07) is 21.7. The highest BCUT2D eigenvalue weighted by Gasteiger charge is 2.24. The van der Waals surface area contributed by atoms with Gasteiger partial charge in [0, 0.05) is 16.7 Å². The second-order valence-corrected chi connectivity index (χ2v) is 9.36. The summed E-state index contributed by atoms with van der Waals surface area (Å²) in [5.41, 5.74) is 7.63. The van der Waals surface area contributed by atoms with Crippen molar-refractivity contribution in [3.63, 3.8) is 0 Å². The molecule has 160 valence electrons. The molecule has 0 aliphatic rings. The number of hydrogen-bond acceptors (Lipinski definition) is 4. The van der Waals surface area contributed by atoms with Crippen molar-refractivity contribution >= 4 is 11.6 Å². The zero-order chi connectivity index (χ0) is 22.8. The molecule has 0 bridgehead atoms. The molecule has 4 heteroatoms. The van der Waals surface area contributed by atoms with E-state index in [9.17, 15) is 9.59 Å². The molecule has 0 heterocycles. The van der Waals surface area contributed by atoms with E-state index in [-0.39, 0.29) is 17.0 Å². The molecule has 31 heavy (non-hydrogen) atoms. The maximum Gasteiger partial charge on any atom is 0.193 e. The van der Waals surface area contributed by atoms with Crippen molar-refractivity contribution in [3.8, 4) is 11.5 Å². The third kappa shape index (κ3) is 5.47. The average Bonchev–Trinajstić information content (AvgIpc) is 2.72. The van der Waals surface area contributed by atoms with Gasteiger partial charge < -0.3 is 10.5 Å². The first-order valence-corrected chi connectivity index (χ1v) is 10.3. The zero-order valence-corrected chi connectivity index (χ0v) is 18.7. The minimum atomic E-state index is -0.994. The molecule has 3 aromatic carbocycles. The van der Waals surface area contributed by atoms with Crippen LogP contribution in [-0.2, 0) is 5.41 Å². The Balaban J connectivity index is 1.74. The number of hydrogen-bond donors (Lipinski definition) is 1. The van der Waals surface area contributed by atoms with Crippen LogP contribution >= 0.6 is 0 Å². The first-order valence-electron chi connectivity index (χ1n) is 10.3. The Morgan fingerprint density at radius 1 is 0.710 bits per heavy atom. The van der Waals surface area contributed by atoms with Crippen LogP contribution in [-0.4, -0.2) is 17.1 Å². The summed E-state index contributed by atoms with van der Waals surface area (Å²) < 4.78 is 5.90. The SMILES string of the molecule is CC(C)(N)C(=O)c1cccc(C(=O)c2ccc(Oc3ccc(C(C)(C)C)cc3)cc2)c1. The second-order valence-electron chi connectivity index (χ2n) is 9.36. The molecule has 2 N–H and O–H groups in total. The standard InChI is InChI=1S/C27H29NO3/c1-26(2,3)21-11-15-23(16-12-21)31-22-13-9-18(10-14-22)24(29)19-7-6-8-20(17-19)25(30)27(4,5)28/h6-17H,28H2,1-5H3. The summed E-state index contributed by atoms with van der Waals surface area (Å²) in [5, 5.41) is 0. The van der Waals surface area contributed by atoms with Crippen LogP contribution in [0.1, 0.15) is 66.5 Å². The number of ether oxygens (including phenoxy) is 1. The molecule has 0 aliphatic carbocycles. The Morgan fingerprint density at radius 3 is 1.74 bits per heavy atom. The van der Waals surface area contributed by atoms with Crippen LogP contribution in [0.5, 0.6) is 11.5 Å². The monoisotopic (exact) mass is 415 g/mol. The molecule has 4 nitrogen and oxygen atoms in total. The molecule has 0 aliphatic heterocycles. The summed E-state index contributed by atoms with van der Waals surface area (Å²) in [6.07, 6.45) is 0. The van der Waals surface area contributed by atoms with Crippen LogP contribution in [0.3, 0.4) is 0 Å². The summed E-state index contributed by atoms with van der Waals surface area (Å²) in [7, 11) is 0. The number of Topliss-reactive ketones (excluding diaryl/α,β-unsaturated/α-hetero) is 1. The van der Waals surface area contributed by atoms with Crippen molar-refractivity contribution in [1.29, 1.82) is 0 Å². The predicted molar refractivity (Wildman–Crippen MR) is 124 cm³/mol. The summed E-state index contributed by atoms with van der Waals surface area (Å²) in [5.74, 6) is 1.02. The number of carbonyl (C=O) groups excluding carboxylic acids is 2. The van der Waals surface area contributed by atoms with Crippen molar-refractivity contribution in [2.24, 2.45) is 5.73 Å². The van der Waals surface area contributed by atoms with Crippen LogP contribution in [0.15, 0.2) is 72.8 Å². The van der Waals surface area contributed by atoms with Crippen LogP contribution in [0.2, 0.25) is 0 Å². The van der Waals surface area contributed by atoms with Crippen molar-refractivity contribution in [1.82, 2.24) is 0 Å². The topological polar surface area (TPSA) is 69.4 Å². The van der Waals surface area contributed by atoms with Gasteiger partial charge in [0.05, 0.1) is 5.54 Å². The number of ketones is 2. The zero-order valence-electron chi connectivity index (χ0n) is 18.7. The Bertz CT molecular complexity index is 1080. The van der Waals surface area contributed by atoms with E-state index in [1.54, 1.807) is 62.4 Å². The van der Waals surface area contributed by atoms with Crippen LogP contribution < -0.4 is 10.5 Å². The molecule has 0 saturated heterocycles. The van der Waals surface area contributed by atoms with E-state index >= 15 is 0 Å². The number of carbonyl (C=O) groups is 2. The minimum Gasteiger partial charge on any atom is -0.457 e. The molecule has 3 aromatic rings. The molecule has 0 fully saturated rings. The van der Waals surface area contributed by atoms with Gasteiger partial charge in [-0.25, -0.2) is 0 Å². The smallest absolute Gasteiger partial charge is 0.193 e. The maximum atomic E-state index is 12.9. The number of rotatable bonds is 6. The van der Waals surface area contributed by atoms with Crippen molar-refractivity contribution in [2.75, 3.05) is 0 Å². The van der Waals surface area contributed by atoms with Gasteiger partial charge in [0.15, 0.2) is 11.6 Å². The van der Waals surface area contributed by atoms with Crippen LogP contribution in [0, 0.1) is 0 Å². The Kier molecular flexibility index (Phi) is 6.14. The Morgan fingerprint density at radius 2 is 1.23 bits per heavy atom. The lowest BCUT2D eigenvalue weighted by atomic mass is 9.87. The van der Waals surface area contributed by atoms with Gasteiger partial charge in [-0.1, -0.05) is 51.1 Å². The van der Waals surface area contributed by atoms with Gasteiger partial charge in [-0.2, -0.15) is 0 Å². The highest BCUT2D eigenvalue weighted by atomic mass is 16.5. The third-order valence-corrected chi connectivity index (χ3v) is 5.04. The fraction of sp³-hybridized carbons (Fsp3) is 0.259. The lowest BCUT2D eigenvalue weighted by Gasteiger charge is -2.19. The fourth-order valence-electron chi connectivity index (χ4n) is 3.17. The van der Waals surface area contributed by atoms with Crippen LogP contribution in [0.4, 0.5) is 0 Å². The van der Waals surface area contributed by atoms with Crippen molar-refractivity contribution < 1.29 is 14.3 Å². The van der Waals surface area contributed by atoms with E-state index in [2.05, 4.69) is 32.9 Å². The first kappa shape index (κ1) is 22.4. The Labute approximate surface area is 184 Å². The van der Waals surface area contributed by atoms with Gasteiger partial charge in [0.2, 0.25) is 0 Å². The highest BCUT2D eigenvalue weighted by molar-refractivity contribution is 6.11. The minimum absolute atomic E-state index is 0.0857. The molecule has 3 rings (SSSR count). The van der Waals surface area contributed by atoms with Crippen LogP contribution in [0.25, 0.3) is 0 Å². The molecule has 0 aromatic heterocycles. The molecular weight excluding hydrogens is 386 g/mol. The third-order valence-electron chi connectivity index (χ3n) is 5.04. The van der Waals surface area contributed by atoms with Crippen molar-refractivity contribution in [2.45, 2.75) is 45.6 Å². The van der Waals surface area contributed by atoms with Gasteiger partial charge in [-0.05, 0) is 67.3 Å².